The average Bonchev–Trinajstić information content (AvgIpc) is 3.37. The van der Waals surface area contributed by atoms with Crippen molar-refractivity contribution in [2.75, 3.05) is 27.3 Å². The Labute approximate surface area is 269 Å². The first-order valence-corrected chi connectivity index (χ1v) is 15.5. The van der Waals surface area contributed by atoms with E-state index in [1.807, 2.05) is 44.2 Å². The fourth-order valence-electron chi connectivity index (χ4n) is 5.38. The number of carbonyl (C=O) groups excluding carboxylic acids is 1. The highest BCUT2D eigenvalue weighted by Crippen LogP contribution is 2.36. The normalized spacial score (nSPS) is 14.4. The van der Waals surface area contributed by atoms with Crippen LogP contribution in [0.1, 0.15) is 43.5 Å². The Morgan fingerprint density at radius 1 is 1.02 bits per heavy atom. The Balaban J connectivity index is 1.54. The number of likely N-dealkylation sites (N-methyl/N-ethyl adjacent to an activating group) is 1. The fourth-order valence-corrected chi connectivity index (χ4v) is 6.43. The van der Waals surface area contributed by atoms with E-state index in [-0.39, 0.29) is 23.8 Å². The van der Waals surface area contributed by atoms with Gasteiger partial charge >= 0.3 is 0 Å². The van der Waals surface area contributed by atoms with Crippen molar-refractivity contribution in [3.05, 3.63) is 124 Å². The first kappa shape index (κ1) is 32.2. The molecule has 1 atom stereocenters. The zero-order chi connectivity index (χ0) is 33.0. The van der Waals surface area contributed by atoms with Crippen molar-refractivity contribution in [1.29, 1.82) is 0 Å². The molecule has 46 heavy (non-hydrogen) atoms. The molecule has 0 spiro atoms. The van der Waals surface area contributed by atoms with Gasteiger partial charge in [0.15, 0.2) is 16.3 Å². The van der Waals surface area contributed by atoms with Gasteiger partial charge in [0.25, 0.3) is 17.2 Å². The van der Waals surface area contributed by atoms with E-state index in [9.17, 15) is 19.7 Å². The average molecular weight is 643 g/mol. The van der Waals surface area contributed by atoms with Gasteiger partial charge < -0.3 is 19.1 Å². The number of nitro groups is 1. The van der Waals surface area contributed by atoms with Crippen LogP contribution in [-0.4, -0.2) is 47.6 Å². The molecule has 0 aliphatic carbocycles. The first-order chi connectivity index (χ1) is 22.2. The van der Waals surface area contributed by atoms with E-state index in [4.69, 9.17) is 19.2 Å². The van der Waals surface area contributed by atoms with Crippen LogP contribution in [0.25, 0.3) is 6.08 Å². The number of amides is 1. The minimum absolute atomic E-state index is 0.00654. The van der Waals surface area contributed by atoms with Gasteiger partial charge in [-0.25, -0.2) is 4.99 Å². The highest BCUT2D eigenvalue weighted by atomic mass is 32.1. The van der Waals surface area contributed by atoms with Crippen LogP contribution in [0, 0.1) is 10.1 Å². The molecule has 0 bridgehead atoms. The van der Waals surface area contributed by atoms with Gasteiger partial charge in [-0.3, -0.25) is 24.3 Å². The number of fused-ring (bicyclic) bond motifs is 1. The third kappa shape index (κ3) is 6.29. The molecular formula is C34H34N4O7S. The third-order valence-electron chi connectivity index (χ3n) is 7.76. The van der Waals surface area contributed by atoms with Crippen LogP contribution in [-0.2, 0) is 11.4 Å². The van der Waals surface area contributed by atoms with Crippen LogP contribution in [0.15, 0.2) is 87.8 Å². The summed E-state index contributed by atoms with van der Waals surface area (Å²) in [5, 5.41) is 10.9. The number of hydrogen-bond donors (Lipinski definition) is 0. The maximum atomic E-state index is 14.1. The van der Waals surface area contributed by atoms with E-state index in [2.05, 4.69) is 0 Å². The van der Waals surface area contributed by atoms with E-state index in [0.29, 0.717) is 62.1 Å². The van der Waals surface area contributed by atoms with Crippen LogP contribution in [0.5, 0.6) is 17.2 Å². The van der Waals surface area contributed by atoms with Gasteiger partial charge in [0.05, 0.1) is 34.9 Å². The standard InChI is InChI=1S/C34H34N4O7S/c1-6-36(7-2)33(40)30-21(3)35-34-37(31(30)25-10-8-9-11-26(25)43-4)32(39)29(46-34)19-23-14-17-27(28(18-23)44-5)45-20-22-12-15-24(16-13-22)38(41)42/h8-19,31H,6-7,20H2,1-5H3/b29-19+/t31-/m1/s1. The molecule has 0 unspecified atom stereocenters. The Morgan fingerprint density at radius 2 is 1.72 bits per heavy atom. The molecule has 0 N–H and O–H groups in total. The smallest absolute Gasteiger partial charge is 0.271 e. The van der Waals surface area contributed by atoms with Gasteiger partial charge in [-0.15, -0.1) is 0 Å². The Kier molecular flexibility index (Phi) is 9.67. The van der Waals surface area contributed by atoms with Crippen molar-refractivity contribution in [2.45, 2.75) is 33.4 Å². The topological polar surface area (TPSA) is 126 Å². The van der Waals surface area contributed by atoms with Crippen LogP contribution in [0.2, 0.25) is 0 Å². The molecular weight excluding hydrogens is 608 g/mol. The van der Waals surface area contributed by atoms with Crippen molar-refractivity contribution in [3.8, 4) is 17.2 Å². The highest BCUT2D eigenvalue weighted by Gasteiger charge is 2.35. The second-order valence-corrected chi connectivity index (χ2v) is 11.4. The van der Waals surface area contributed by atoms with E-state index in [1.165, 1.54) is 30.6 Å². The molecule has 2 heterocycles. The molecule has 1 aliphatic heterocycles. The van der Waals surface area contributed by atoms with Crippen LogP contribution >= 0.6 is 11.3 Å². The predicted molar refractivity (Wildman–Crippen MR) is 175 cm³/mol. The summed E-state index contributed by atoms with van der Waals surface area (Å²) in [5.74, 6) is 1.32. The molecule has 238 valence electrons. The zero-order valence-electron chi connectivity index (χ0n) is 26.2. The number of methoxy groups -OCH3 is 2. The number of nitro benzene ring substituents is 1. The lowest BCUT2D eigenvalue weighted by Crippen LogP contribution is -2.43. The minimum atomic E-state index is -0.729. The summed E-state index contributed by atoms with van der Waals surface area (Å²) in [6, 6.07) is 18.1. The number of nitrogens with zero attached hydrogens (tertiary/aromatic N) is 4. The monoisotopic (exact) mass is 642 g/mol. The van der Waals surface area contributed by atoms with Gasteiger partial charge in [0.1, 0.15) is 18.4 Å². The van der Waals surface area contributed by atoms with Gasteiger partial charge in [0, 0.05) is 30.8 Å². The summed E-state index contributed by atoms with van der Waals surface area (Å²) >= 11 is 1.24. The summed E-state index contributed by atoms with van der Waals surface area (Å²) < 4.78 is 19.2. The SMILES string of the molecule is CCN(CC)C(=O)C1=C(C)N=c2s/c(=C/c3ccc(OCc4ccc([N+](=O)[O-])cc4)c(OC)c3)c(=O)n2[C@@H]1c1ccccc1OC. The fraction of sp³-hybridized carbons (Fsp3) is 0.265. The molecule has 0 fully saturated rings. The van der Waals surface area contributed by atoms with E-state index in [1.54, 1.807) is 53.8 Å². The van der Waals surface area contributed by atoms with Crippen LogP contribution < -0.4 is 29.1 Å². The number of allylic oxidation sites excluding steroid dienone is 1. The molecule has 12 heteroatoms. The molecule has 0 saturated heterocycles. The number of benzene rings is 3. The second-order valence-electron chi connectivity index (χ2n) is 10.4. The summed E-state index contributed by atoms with van der Waals surface area (Å²) in [6.45, 7) is 6.87. The summed E-state index contributed by atoms with van der Waals surface area (Å²) in [6.07, 6.45) is 1.76. The second kappa shape index (κ2) is 13.8. The molecule has 4 aromatic rings. The maximum Gasteiger partial charge on any atom is 0.271 e. The lowest BCUT2D eigenvalue weighted by molar-refractivity contribution is -0.384. The molecule has 1 amide bonds. The number of ether oxygens (including phenoxy) is 3. The van der Waals surface area contributed by atoms with E-state index < -0.39 is 11.0 Å². The quantitative estimate of drug-likeness (QED) is 0.173. The summed E-state index contributed by atoms with van der Waals surface area (Å²) in [7, 11) is 3.09. The van der Waals surface area contributed by atoms with Crippen molar-refractivity contribution in [3.63, 3.8) is 0 Å². The van der Waals surface area contributed by atoms with E-state index >= 15 is 0 Å². The Bertz CT molecular complexity index is 1990. The number of carbonyl (C=O) groups is 1. The Morgan fingerprint density at radius 3 is 2.37 bits per heavy atom. The number of aromatic nitrogens is 1. The lowest BCUT2D eigenvalue weighted by Gasteiger charge is -2.29. The van der Waals surface area contributed by atoms with Crippen molar-refractivity contribution >= 4 is 29.0 Å². The number of para-hydroxylation sites is 1. The Hall–Kier alpha value is -5.23. The molecule has 11 nitrogen and oxygen atoms in total. The first-order valence-electron chi connectivity index (χ1n) is 14.7. The van der Waals surface area contributed by atoms with Gasteiger partial charge in [-0.05, 0) is 68.3 Å². The summed E-state index contributed by atoms with van der Waals surface area (Å²) in [4.78, 5) is 45.4. The van der Waals surface area contributed by atoms with Crippen molar-refractivity contribution in [2.24, 2.45) is 4.99 Å². The molecule has 3 aromatic carbocycles. The minimum Gasteiger partial charge on any atom is -0.496 e. The molecule has 0 saturated carbocycles. The largest absolute Gasteiger partial charge is 0.496 e. The number of non-ortho nitro benzene ring substituents is 1. The summed E-state index contributed by atoms with van der Waals surface area (Å²) in [5.41, 5.74) is 2.87. The van der Waals surface area contributed by atoms with Gasteiger partial charge in [-0.1, -0.05) is 35.6 Å². The zero-order valence-corrected chi connectivity index (χ0v) is 27.0. The lowest BCUT2D eigenvalue weighted by atomic mass is 9.94. The van der Waals surface area contributed by atoms with E-state index in [0.717, 1.165) is 5.56 Å². The van der Waals surface area contributed by atoms with Crippen molar-refractivity contribution in [1.82, 2.24) is 9.47 Å². The number of thiazole rings is 1. The molecule has 0 radical (unpaired) electrons. The maximum absolute atomic E-state index is 14.1. The molecule has 1 aromatic heterocycles. The van der Waals surface area contributed by atoms with Gasteiger partial charge in [0.2, 0.25) is 0 Å². The molecule has 1 aliphatic rings. The van der Waals surface area contributed by atoms with Crippen LogP contribution in [0.3, 0.4) is 0 Å². The van der Waals surface area contributed by atoms with Crippen molar-refractivity contribution < 1.29 is 23.9 Å². The molecule has 5 rings (SSSR count). The number of rotatable bonds is 11. The van der Waals surface area contributed by atoms with Gasteiger partial charge in [-0.2, -0.15) is 0 Å². The number of hydrogen-bond acceptors (Lipinski definition) is 9. The predicted octanol–water partition coefficient (Wildman–Crippen LogP) is 4.61. The van der Waals surface area contributed by atoms with Crippen LogP contribution in [0.4, 0.5) is 5.69 Å². The third-order valence-corrected chi connectivity index (χ3v) is 8.75. The highest BCUT2D eigenvalue weighted by molar-refractivity contribution is 7.07.